The van der Waals surface area contributed by atoms with E-state index in [1.807, 2.05) is 42.5 Å². The molecule has 0 bridgehead atoms. The highest BCUT2D eigenvalue weighted by Crippen LogP contribution is 2.30. The molecule has 29 heavy (non-hydrogen) atoms. The summed E-state index contributed by atoms with van der Waals surface area (Å²) in [7, 11) is 0. The summed E-state index contributed by atoms with van der Waals surface area (Å²) in [5.74, 6) is 0. The first kappa shape index (κ1) is 20.6. The van der Waals surface area contributed by atoms with Crippen LogP contribution in [0.5, 0.6) is 0 Å². The van der Waals surface area contributed by atoms with Crippen molar-refractivity contribution in [3.8, 4) is 0 Å². The molecule has 3 rings (SSSR count). The Morgan fingerprint density at radius 2 is 1.76 bits per heavy atom. The highest BCUT2D eigenvalue weighted by Gasteiger charge is 2.08. The van der Waals surface area contributed by atoms with Gasteiger partial charge >= 0.3 is 0 Å². The molecule has 1 heterocycles. The monoisotopic (exact) mass is 410 g/mol. The molecular formula is C21H21ClN5O2+. The molecule has 1 N–H and O–H groups in total. The molecule has 0 aliphatic heterocycles. The van der Waals surface area contributed by atoms with Crippen molar-refractivity contribution in [3.63, 3.8) is 0 Å². The van der Waals surface area contributed by atoms with Gasteiger partial charge in [-0.2, -0.15) is 5.11 Å². The third-order valence-corrected chi connectivity index (χ3v) is 4.57. The molecule has 0 aliphatic carbocycles. The van der Waals surface area contributed by atoms with Crippen LogP contribution in [0.15, 0.2) is 83.3 Å². The Morgan fingerprint density at radius 1 is 1.00 bits per heavy atom. The molecular weight excluding hydrogens is 390 g/mol. The average molecular weight is 411 g/mol. The smallest absolute Gasteiger partial charge is 0.271 e. The molecule has 2 aromatic carbocycles. The molecule has 0 atom stereocenters. The fourth-order valence-electron chi connectivity index (χ4n) is 2.68. The zero-order chi connectivity index (χ0) is 20.5. The predicted octanol–water partition coefficient (Wildman–Crippen LogP) is 4.78. The minimum Gasteiger partial charge on any atom is -0.311 e. The number of nitro benzene ring substituents is 1. The van der Waals surface area contributed by atoms with Gasteiger partial charge in [0.1, 0.15) is 5.69 Å². The number of nitrogens with zero attached hydrogens (tertiary/aromatic N) is 4. The van der Waals surface area contributed by atoms with Gasteiger partial charge in [-0.3, -0.25) is 10.1 Å². The van der Waals surface area contributed by atoms with E-state index in [-0.39, 0.29) is 10.7 Å². The van der Waals surface area contributed by atoms with E-state index in [0.717, 1.165) is 26.1 Å². The maximum atomic E-state index is 10.7. The van der Waals surface area contributed by atoms with Crippen LogP contribution in [0.25, 0.3) is 0 Å². The topological polar surface area (TPSA) is 83.8 Å². The fraction of sp³-hybridized carbons (Fsp3) is 0.190. The highest BCUT2D eigenvalue weighted by molar-refractivity contribution is 6.33. The van der Waals surface area contributed by atoms with Crippen LogP contribution in [0.3, 0.4) is 0 Å². The second-order valence-corrected chi connectivity index (χ2v) is 6.78. The van der Waals surface area contributed by atoms with Gasteiger partial charge in [-0.1, -0.05) is 29.8 Å². The number of aromatic nitrogens is 1. The number of halogens is 1. The summed E-state index contributed by atoms with van der Waals surface area (Å²) in [6.45, 7) is 2.75. The van der Waals surface area contributed by atoms with E-state index in [2.05, 4.69) is 32.5 Å². The number of hydrogen-bond acceptors (Lipinski definition) is 5. The Bertz CT molecular complexity index is 978. The second kappa shape index (κ2) is 10.4. The molecule has 148 valence electrons. The molecule has 0 aliphatic rings. The number of non-ortho nitro benzene ring substituents is 1. The van der Waals surface area contributed by atoms with Crippen molar-refractivity contribution in [2.45, 2.75) is 13.0 Å². The van der Waals surface area contributed by atoms with Gasteiger partial charge in [-0.05, 0) is 36.7 Å². The van der Waals surface area contributed by atoms with Crippen molar-refractivity contribution >= 4 is 28.7 Å². The Balaban J connectivity index is 1.46. The van der Waals surface area contributed by atoms with E-state index >= 15 is 0 Å². The number of nitrogens with one attached hydrogen (secondary N) is 1. The number of nitro groups is 1. The van der Waals surface area contributed by atoms with Gasteiger partial charge < -0.3 is 5.32 Å². The first-order chi connectivity index (χ1) is 14.1. The van der Waals surface area contributed by atoms with Gasteiger partial charge in [0.2, 0.25) is 0 Å². The van der Waals surface area contributed by atoms with E-state index in [4.69, 9.17) is 11.6 Å². The molecule has 0 radical (unpaired) electrons. The number of hydrogen-bond donors (Lipinski definition) is 1. The lowest BCUT2D eigenvalue weighted by Gasteiger charge is -2.04. The third kappa shape index (κ3) is 6.44. The Labute approximate surface area is 173 Å². The lowest BCUT2D eigenvalue weighted by molar-refractivity contribution is -0.695. The molecule has 0 amide bonds. The maximum absolute atomic E-state index is 10.7. The van der Waals surface area contributed by atoms with Crippen LogP contribution in [-0.4, -0.2) is 18.0 Å². The standard InChI is InChI=1S/C21H21ClN5O2/c22-20-16-19(27(28)29)8-9-21(20)25-24-18-6-4-17(5-7-18)10-11-23-12-15-26-13-2-1-3-14-26/h1-9,13-14,16,23H,10-12,15H2/q+1. The fourth-order valence-corrected chi connectivity index (χ4v) is 2.89. The van der Waals surface area contributed by atoms with Crippen molar-refractivity contribution in [2.75, 3.05) is 13.1 Å². The SMILES string of the molecule is O=[N+]([O-])c1ccc(N=Nc2ccc(CCNCC[n+]3ccccc3)cc2)c(Cl)c1. The lowest BCUT2D eigenvalue weighted by Crippen LogP contribution is -2.38. The molecule has 0 unspecified atom stereocenters. The molecule has 3 aromatic rings. The Hall–Kier alpha value is -3.16. The van der Waals surface area contributed by atoms with Crippen molar-refractivity contribution in [1.82, 2.24) is 5.32 Å². The molecule has 8 heteroatoms. The van der Waals surface area contributed by atoms with E-state index in [0.29, 0.717) is 11.4 Å². The first-order valence-electron chi connectivity index (χ1n) is 9.21. The second-order valence-electron chi connectivity index (χ2n) is 6.37. The molecule has 0 saturated carbocycles. The van der Waals surface area contributed by atoms with E-state index in [1.165, 1.54) is 23.8 Å². The van der Waals surface area contributed by atoms with Crippen LogP contribution in [0.4, 0.5) is 17.1 Å². The predicted molar refractivity (Wildman–Crippen MR) is 112 cm³/mol. The van der Waals surface area contributed by atoms with Gasteiger partial charge in [0.05, 0.1) is 22.2 Å². The van der Waals surface area contributed by atoms with Crippen LogP contribution in [0.1, 0.15) is 5.56 Å². The quantitative estimate of drug-likeness (QED) is 0.181. The molecule has 7 nitrogen and oxygen atoms in total. The van der Waals surface area contributed by atoms with Crippen molar-refractivity contribution in [2.24, 2.45) is 10.2 Å². The minimum absolute atomic E-state index is 0.0747. The number of benzene rings is 2. The van der Waals surface area contributed by atoms with Crippen LogP contribution in [0.2, 0.25) is 5.02 Å². The normalized spacial score (nSPS) is 11.1. The summed E-state index contributed by atoms with van der Waals surface area (Å²) in [5.41, 5.74) is 2.21. The summed E-state index contributed by atoms with van der Waals surface area (Å²) in [6, 6.07) is 18.0. The summed E-state index contributed by atoms with van der Waals surface area (Å²) >= 11 is 6.02. The molecule has 0 saturated heterocycles. The van der Waals surface area contributed by atoms with Crippen LogP contribution in [0, 0.1) is 10.1 Å². The van der Waals surface area contributed by atoms with Crippen LogP contribution < -0.4 is 9.88 Å². The van der Waals surface area contributed by atoms with Gasteiger partial charge in [0.25, 0.3) is 5.69 Å². The van der Waals surface area contributed by atoms with E-state index in [1.54, 1.807) is 0 Å². The summed E-state index contributed by atoms with van der Waals surface area (Å²) in [5, 5.41) is 22.6. The summed E-state index contributed by atoms with van der Waals surface area (Å²) in [4.78, 5) is 10.2. The van der Waals surface area contributed by atoms with Gasteiger partial charge in [-0.25, -0.2) is 4.57 Å². The molecule has 0 spiro atoms. The molecule has 1 aromatic heterocycles. The molecule has 0 fully saturated rings. The minimum atomic E-state index is -0.499. The van der Waals surface area contributed by atoms with Gasteiger partial charge in [0.15, 0.2) is 18.9 Å². The van der Waals surface area contributed by atoms with E-state index < -0.39 is 4.92 Å². The summed E-state index contributed by atoms with van der Waals surface area (Å²) in [6.07, 6.45) is 5.03. The van der Waals surface area contributed by atoms with Crippen LogP contribution in [-0.2, 0) is 13.0 Å². The Kier molecular flexibility index (Phi) is 7.38. The zero-order valence-electron chi connectivity index (χ0n) is 15.7. The third-order valence-electron chi connectivity index (χ3n) is 4.27. The number of rotatable bonds is 9. The first-order valence-corrected chi connectivity index (χ1v) is 9.59. The largest absolute Gasteiger partial charge is 0.311 e. The number of pyridine rings is 1. The zero-order valence-corrected chi connectivity index (χ0v) is 16.5. The van der Waals surface area contributed by atoms with Crippen molar-refractivity contribution in [1.29, 1.82) is 0 Å². The average Bonchev–Trinajstić information content (AvgIpc) is 2.74. The van der Waals surface area contributed by atoms with Gasteiger partial charge in [0, 0.05) is 24.3 Å². The van der Waals surface area contributed by atoms with Crippen molar-refractivity contribution in [3.05, 3.63) is 93.8 Å². The number of azo groups is 1. The maximum Gasteiger partial charge on any atom is 0.271 e. The summed E-state index contributed by atoms with van der Waals surface area (Å²) < 4.78 is 2.14. The highest BCUT2D eigenvalue weighted by atomic mass is 35.5. The van der Waals surface area contributed by atoms with E-state index in [9.17, 15) is 10.1 Å². The van der Waals surface area contributed by atoms with Gasteiger partial charge in [-0.15, -0.1) is 5.11 Å². The Morgan fingerprint density at radius 3 is 2.45 bits per heavy atom. The van der Waals surface area contributed by atoms with Crippen LogP contribution >= 0.6 is 11.6 Å². The lowest BCUT2D eigenvalue weighted by atomic mass is 10.1. The van der Waals surface area contributed by atoms with Crippen molar-refractivity contribution < 1.29 is 9.49 Å².